The van der Waals surface area contributed by atoms with Crippen molar-refractivity contribution in [2.24, 2.45) is 0 Å². The Morgan fingerprint density at radius 1 is 0.622 bits per heavy atom. The molecule has 0 saturated heterocycles. The Kier molecular flexibility index (Phi) is 5.52. The van der Waals surface area contributed by atoms with Gasteiger partial charge in [0.25, 0.3) is 30.4 Å². The van der Waals surface area contributed by atoms with Crippen LogP contribution in [0.4, 0.5) is 0 Å². The zero-order valence-electron chi connectivity index (χ0n) is 18.3. The van der Waals surface area contributed by atoms with E-state index in [9.17, 15) is 38.9 Å². The summed E-state index contributed by atoms with van der Waals surface area (Å²) < 4.78 is 110. The van der Waals surface area contributed by atoms with Gasteiger partial charge in [0.2, 0.25) is 11.8 Å². The Labute approximate surface area is 208 Å². The van der Waals surface area contributed by atoms with Gasteiger partial charge in [0.05, 0.1) is 4.90 Å². The van der Waals surface area contributed by atoms with Crippen LogP contribution in [-0.2, 0) is 30.4 Å². The van der Waals surface area contributed by atoms with Crippen LogP contribution < -0.4 is 0 Å². The monoisotopic (exact) mass is 566 g/mol. The molecule has 0 saturated carbocycles. The van der Waals surface area contributed by atoms with E-state index < -0.39 is 45.0 Å². The molecule has 37 heavy (non-hydrogen) atoms. The van der Waals surface area contributed by atoms with Crippen molar-refractivity contribution < 1.29 is 47.7 Å². The lowest BCUT2D eigenvalue weighted by Gasteiger charge is -2.01. The maximum absolute atomic E-state index is 11.8. The molecule has 16 heteroatoms. The van der Waals surface area contributed by atoms with Crippen LogP contribution in [-0.4, -0.2) is 48.9 Å². The Morgan fingerprint density at radius 2 is 1.05 bits per heavy atom. The predicted octanol–water partition coefficient (Wildman–Crippen LogP) is 3.35. The molecule has 0 aliphatic heterocycles. The first-order valence-corrected chi connectivity index (χ1v) is 14.3. The van der Waals surface area contributed by atoms with E-state index in [2.05, 4.69) is 9.97 Å². The van der Waals surface area contributed by atoms with Gasteiger partial charge < -0.3 is 8.83 Å². The molecule has 0 spiro atoms. The Bertz CT molecular complexity index is 2060. The van der Waals surface area contributed by atoms with Crippen LogP contribution in [0.5, 0.6) is 0 Å². The van der Waals surface area contributed by atoms with Gasteiger partial charge in [-0.05, 0) is 55.0 Å². The summed E-state index contributed by atoms with van der Waals surface area (Å²) in [4.78, 5) is 6.13. The molecule has 5 aromatic rings. The van der Waals surface area contributed by atoms with Crippen molar-refractivity contribution in [3.05, 3.63) is 54.1 Å². The molecule has 0 fully saturated rings. The fourth-order valence-corrected chi connectivity index (χ4v) is 5.64. The molecule has 0 radical (unpaired) electrons. The molecule has 0 bridgehead atoms. The lowest BCUT2D eigenvalue weighted by Crippen LogP contribution is -2.04. The summed E-state index contributed by atoms with van der Waals surface area (Å²) in [5.74, 6) is -0.0955. The highest BCUT2D eigenvalue weighted by Gasteiger charge is 2.25. The van der Waals surface area contributed by atoms with Crippen LogP contribution in [0.15, 0.2) is 72.1 Å². The van der Waals surface area contributed by atoms with E-state index in [4.69, 9.17) is 8.83 Å². The quantitative estimate of drug-likeness (QED) is 0.260. The standard InChI is InChI=1S/C21H14N2O11S3/c1-10-6-14-18(16(7-10)36(27,28)29)22-20(33-14)11-2-4-12(5-3-11)21-23-19-15(34-21)8-13(35(24,25)26)9-17(19)37(30,31)32/h2-9H,1H3,(H,24,25,26)(H,27,28,29)(H,30,31,32). The van der Waals surface area contributed by atoms with Gasteiger partial charge in [-0.3, -0.25) is 13.7 Å². The summed E-state index contributed by atoms with van der Waals surface area (Å²) >= 11 is 0. The molecule has 5 rings (SSSR count). The number of aryl methyl sites for hydroxylation is 1. The van der Waals surface area contributed by atoms with Gasteiger partial charge in [-0.25, -0.2) is 9.97 Å². The van der Waals surface area contributed by atoms with Crippen LogP contribution in [0, 0.1) is 6.92 Å². The predicted molar refractivity (Wildman–Crippen MR) is 127 cm³/mol. The zero-order chi connectivity index (χ0) is 26.9. The van der Waals surface area contributed by atoms with Gasteiger partial charge in [0.1, 0.15) is 20.8 Å². The van der Waals surface area contributed by atoms with Crippen LogP contribution in [0.3, 0.4) is 0 Å². The summed E-state index contributed by atoms with van der Waals surface area (Å²) in [5, 5.41) is 0. The topological polar surface area (TPSA) is 215 Å². The number of nitrogens with zero attached hydrogens (tertiary/aromatic N) is 2. The van der Waals surface area contributed by atoms with E-state index in [1.807, 2.05) is 0 Å². The maximum Gasteiger partial charge on any atom is 0.296 e. The smallest absolute Gasteiger partial charge is 0.296 e. The van der Waals surface area contributed by atoms with Gasteiger partial charge in [0, 0.05) is 17.2 Å². The summed E-state index contributed by atoms with van der Waals surface area (Å²) in [6, 6.07) is 10.2. The first kappa shape index (κ1) is 25.0. The van der Waals surface area contributed by atoms with Gasteiger partial charge >= 0.3 is 0 Å². The van der Waals surface area contributed by atoms with Crippen LogP contribution in [0.1, 0.15) is 5.56 Å². The van der Waals surface area contributed by atoms with E-state index in [-0.39, 0.29) is 34.0 Å². The van der Waals surface area contributed by atoms with Gasteiger partial charge in [0.15, 0.2) is 11.2 Å². The first-order valence-electron chi connectivity index (χ1n) is 10.0. The van der Waals surface area contributed by atoms with E-state index in [0.29, 0.717) is 22.8 Å². The molecule has 0 unspecified atom stereocenters. The van der Waals surface area contributed by atoms with Crippen LogP contribution in [0.2, 0.25) is 0 Å². The Balaban J connectivity index is 1.60. The highest BCUT2D eigenvalue weighted by atomic mass is 32.2. The maximum atomic E-state index is 11.8. The molecule has 3 aromatic carbocycles. The number of rotatable bonds is 5. The molecular formula is C21H14N2O11S3. The van der Waals surface area contributed by atoms with Crippen LogP contribution >= 0.6 is 0 Å². The second kappa shape index (κ2) is 8.17. The van der Waals surface area contributed by atoms with E-state index in [1.165, 1.54) is 30.3 Å². The lowest BCUT2D eigenvalue weighted by molar-refractivity contribution is 0.479. The number of oxazole rings is 2. The normalized spacial score (nSPS) is 13.0. The van der Waals surface area contributed by atoms with Crippen molar-refractivity contribution in [1.82, 2.24) is 9.97 Å². The van der Waals surface area contributed by atoms with Crippen molar-refractivity contribution in [3.63, 3.8) is 0 Å². The average molecular weight is 567 g/mol. The SMILES string of the molecule is Cc1cc(S(=O)(=O)O)c2nc(-c3ccc(-c4nc5c(S(=O)(=O)O)cc(S(=O)(=O)O)cc5o4)cc3)oc2c1. The number of hydrogen-bond acceptors (Lipinski definition) is 10. The Morgan fingerprint density at radius 3 is 1.49 bits per heavy atom. The molecule has 2 aromatic heterocycles. The third kappa shape index (κ3) is 4.61. The molecule has 0 amide bonds. The van der Waals surface area contributed by atoms with Gasteiger partial charge in [-0.15, -0.1) is 0 Å². The largest absolute Gasteiger partial charge is 0.436 e. The molecule has 192 valence electrons. The van der Waals surface area contributed by atoms with Crippen molar-refractivity contribution in [1.29, 1.82) is 0 Å². The van der Waals surface area contributed by atoms with Crippen molar-refractivity contribution in [3.8, 4) is 22.9 Å². The molecule has 13 nitrogen and oxygen atoms in total. The second-order valence-electron chi connectivity index (χ2n) is 7.92. The summed E-state index contributed by atoms with van der Waals surface area (Å²) in [6.45, 7) is 1.62. The average Bonchev–Trinajstić information content (AvgIpc) is 3.40. The minimum atomic E-state index is -4.93. The fraction of sp³-hybridized carbons (Fsp3) is 0.0476. The minimum absolute atomic E-state index is 0.0427. The highest BCUT2D eigenvalue weighted by Crippen LogP contribution is 2.33. The number of aromatic nitrogens is 2. The third-order valence-corrected chi connectivity index (χ3v) is 7.84. The second-order valence-corrected chi connectivity index (χ2v) is 12.1. The molecule has 0 aliphatic rings. The molecular weight excluding hydrogens is 552 g/mol. The van der Waals surface area contributed by atoms with Crippen molar-refractivity contribution >= 4 is 52.6 Å². The minimum Gasteiger partial charge on any atom is -0.436 e. The van der Waals surface area contributed by atoms with Crippen molar-refractivity contribution in [2.75, 3.05) is 0 Å². The highest BCUT2D eigenvalue weighted by molar-refractivity contribution is 7.87. The van der Waals surface area contributed by atoms with E-state index in [1.54, 1.807) is 13.0 Å². The summed E-state index contributed by atoms with van der Waals surface area (Å²) in [7, 11) is -14.3. The summed E-state index contributed by atoms with van der Waals surface area (Å²) in [5.41, 5.74) is 0.629. The molecule has 0 atom stereocenters. The van der Waals surface area contributed by atoms with Crippen molar-refractivity contribution in [2.45, 2.75) is 21.6 Å². The Hall–Kier alpha value is -3.67. The van der Waals surface area contributed by atoms with Gasteiger partial charge in [-0.1, -0.05) is 0 Å². The number of fused-ring (bicyclic) bond motifs is 2. The van der Waals surface area contributed by atoms with Crippen LogP contribution in [0.25, 0.3) is 45.1 Å². The lowest BCUT2D eigenvalue weighted by atomic mass is 10.1. The third-order valence-electron chi connectivity index (χ3n) is 5.27. The zero-order valence-corrected chi connectivity index (χ0v) is 20.8. The number of hydrogen-bond donors (Lipinski definition) is 3. The number of benzene rings is 3. The first-order chi connectivity index (χ1) is 17.1. The summed E-state index contributed by atoms with van der Waals surface area (Å²) in [6.07, 6.45) is 0. The van der Waals surface area contributed by atoms with Gasteiger partial charge in [-0.2, -0.15) is 25.3 Å². The molecule has 0 aliphatic carbocycles. The fourth-order valence-electron chi connectivity index (χ4n) is 3.65. The van der Waals surface area contributed by atoms with E-state index >= 15 is 0 Å². The van der Waals surface area contributed by atoms with E-state index in [0.717, 1.165) is 6.07 Å². The molecule has 3 N–H and O–H groups in total. The molecule has 2 heterocycles.